The highest BCUT2D eigenvalue weighted by Gasteiger charge is 2.44. The zero-order valence-corrected chi connectivity index (χ0v) is 10.7. The maximum Gasteiger partial charge on any atom is 0.187 e. The average molecular weight is 346 g/mol. The van der Waals surface area contributed by atoms with Crippen molar-refractivity contribution in [2.24, 2.45) is 0 Å². The number of hydrogen-bond donors (Lipinski definition) is 3. The molecule has 94 valence electrons. The Hall–Kier alpha value is 0.230. The van der Waals surface area contributed by atoms with Gasteiger partial charge in [-0.25, -0.2) is 0 Å². The fourth-order valence-electron chi connectivity index (χ4n) is 1.42. The SMILES string of the molecule is C=CCOC1O[C@H](COI)[C@@H](O)[C@H](O)[C@H]1O. The standard InChI is InChI=1S/C9H15IO6/c1-2-3-14-9-8(13)7(12)6(11)5(16-9)4-15-10/h2,5-9,11-13H,1,3-4H2/t5-,6-,7+,8-,9?/m1/s1. The Morgan fingerprint density at radius 3 is 2.50 bits per heavy atom. The maximum absolute atomic E-state index is 9.59. The summed E-state index contributed by atoms with van der Waals surface area (Å²) in [5.41, 5.74) is 0. The topological polar surface area (TPSA) is 88.4 Å². The van der Waals surface area contributed by atoms with E-state index in [4.69, 9.17) is 12.5 Å². The molecular formula is C9H15IO6. The van der Waals surface area contributed by atoms with Crippen molar-refractivity contribution < 1.29 is 27.9 Å². The van der Waals surface area contributed by atoms with Crippen LogP contribution < -0.4 is 0 Å². The molecule has 1 saturated heterocycles. The van der Waals surface area contributed by atoms with Crippen molar-refractivity contribution in [2.75, 3.05) is 13.2 Å². The number of halogens is 1. The summed E-state index contributed by atoms with van der Waals surface area (Å²) >= 11 is 1.66. The number of hydrogen-bond acceptors (Lipinski definition) is 6. The van der Waals surface area contributed by atoms with Gasteiger partial charge in [-0.2, -0.15) is 0 Å². The van der Waals surface area contributed by atoms with Gasteiger partial charge in [0.25, 0.3) is 0 Å². The lowest BCUT2D eigenvalue weighted by Gasteiger charge is -2.39. The molecule has 1 heterocycles. The van der Waals surface area contributed by atoms with Gasteiger partial charge >= 0.3 is 0 Å². The number of aliphatic hydroxyl groups excluding tert-OH is 3. The molecule has 5 atom stereocenters. The summed E-state index contributed by atoms with van der Waals surface area (Å²) in [6, 6.07) is 0. The van der Waals surface area contributed by atoms with E-state index in [1.54, 1.807) is 23.0 Å². The molecule has 0 radical (unpaired) electrons. The van der Waals surface area contributed by atoms with Crippen LogP contribution in [0.1, 0.15) is 0 Å². The van der Waals surface area contributed by atoms with Crippen LogP contribution in [-0.2, 0) is 12.5 Å². The second-order valence-corrected chi connectivity index (χ2v) is 4.04. The molecule has 7 heteroatoms. The van der Waals surface area contributed by atoms with E-state index in [1.165, 1.54) is 6.08 Å². The first-order valence-electron chi connectivity index (χ1n) is 4.77. The molecule has 0 amide bonds. The minimum Gasteiger partial charge on any atom is -0.387 e. The zero-order valence-electron chi connectivity index (χ0n) is 8.53. The van der Waals surface area contributed by atoms with Crippen molar-refractivity contribution in [3.05, 3.63) is 12.7 Å². The van der Waals surface area contributed by atoms with Crippen molar-refractivity contribution in [2.45, 2.75) is 30.7 Å². The first kappa shape index (κ1) is 14.3. The lowest BCUT2D eigenvalue weighted by molar-refractivity contribution is -0.296. The van der Waals surface area contributed by atoms with Crippen LogP contribution in [0.4, 0.5) is 0 Å². The quantitative estimate of drug-likeness (QED) is 0.454. The molecule has 1 fully saturated rings. The van der Waals surface area contributed by atoms with Gasteiger partial charge in [0.05, 0.1) is 13.2 Å². The minimum atomic E-state index is -1.32. The Morgan fingerprint density at radius 2 is 1.94 bits per heavy atom. The first-order chi connectivity index (χ1) is 7.61. The molecule has 0 aromatic carbocycles. The van der Waals surface area contributed by atoms with Crippen LogP contribution in [0.3, 0.4) is 0 Å². The van der Waals surface area contributed by atoms with E-state index in [1.807, 2.05) is 0 Å². The Bertz CT molecular complexity index is 226. The van der Waals surface area contributed by atoms with Gasteiger partial charge in [0, 0.05) is 0 Å². The van der Waals surface area contributed by atoms with Crippen LogP contribution in [-0.4, -0.2) is 59.2 Å². The normalized spacial score (nSPS) is 39.6. The van der Waals surface area contributed by atoms with Crippen LogP contribution in [0.5, 0.6) is 0 Å². The van der Waals surface area contributed by atoms with Crippen LogP contribution in [0.2, 0.25) is 0 Å². The highest BCUT2D eigenvalue weighted by molar-refractivity contribution is 14.1. The fraction of sp³-hybridized carbons (Fsp3) is 0.778. The van der Waals surface area contributed by atoms with Crippen LogP contribution in [0, 0.1) is 0 Å². The monoisotopic (exact) mass is 346 g/mol. The van der Waals surface area contributed by atoms with Gasteiger partial charge in [0.1, 0.15) is 47.4 Å². The Balaban J connectivity index is 2.61. The summed E-state index contributed by atoms with van der Waals surface area (Å²) < 4.78 is 15.2. The van der Waals surface area contributed by atoms with Gasteiger partial charge in [0.2, 0.25) is 0 Å². The van der Waals surface area contributed by atoms with Crippen molar-refractivity contribution in [1.29, 1.82) is 0 Å². The van der Waals surface area contributed by atoms with Gasteiger partial charge in [-0.05, 0) is 0 Å². The van der Waals surface area contributed by atoms with E-state index in [-0.39, 0.29) is 13.2 Å². The molecule has 1 aliphatic rings. The number of rotatable bonds is 5. The molecule has 0 bridgehead atoms. The van der Waals surface area contributed by atoms with Gasteiger partial charge in [-0.15, -0.1) is 6.58 Å². The first-order valence-corrected chi connectivity index (χ1v) is 5.65. The third-order valence-corrected chi connectivity index (χ3v) is 2.63. The summed E-state index contributed by atoms with van der Waals surface area (Å²) in [6.45, 7) is 3.74. The lowest BCUT2D eigenvalue weighted by atomic mass is 9.99. The summed E-state index contributed by atoms with van der Waals surface area (Å²) in [5, 5.41) is 28.7. The Kier molecular flexibility index (Phi) is 6.11. The number of aliphatic hydroxyl groups is 3. The van der Waals surface area contributed by atoms with Gasteiger partial charge in [-0.1, -0.05) is 6.08 Å². The van der Waals surface area contributed by atoms with Crippen molar-refractivity contribution >= 4 is 23.0 Å². The molecule has 16 heavy (non-hydrogen) atoms. The third-order valence-electron chi connectivity index (χ3n) is 2.27. The molecule has 1 rings (SSSR count). The van der Waals surface area contributed by atoms with Gasteiger partial charge in [-0.3, -0.25) is 0 Å². The summed E-state index contributed by atoms with van der Waals surface area (Å²) in [6.07, 6.45) is -4.04. The molecule has 0 saturated carbocycles. The summed E-state index contributed by atoms with van der Waals surface area (Å²) in [7, 11) is 0. The molecule has 0 aromatic heterocycles. The van der Waals surface area contributed by atoms with Gasteiger partial charge < -0.3 is 27.9 Å². The summed E-state index contributed by atoms with van der Waals surface area (Å²) in [5.74, 6) is 0. The maximum atomic E-state index is 9.59. The predicted molar refractivity (Wildman–Crippen MR) is 62.8 cm³/mol. The smallest absolute Gasteiger partial charge is 0.187 e. The van der Waals surface area contributed by atoms with E-state index in [0.29, 0.717) is 0 Å². The van der Waals surface area contributed by atoms with Crippen LogP contribution in [0.15, 0.2) is 12.7 Å². The Labute approximate surface area is 108 Å². The van der Waals surface area contributed by atoms with Crippen LogP contribution in [0.25, 0.3) is 0 Å². The summed E-state index contributed by atoms with van der Waals surface area (Å²) in [4.78, 5) is 0. The largest absolute Gasteiger partial charge is 0.387 e. The molecule has 3 N–H and O–H groups in total. The van der Waals surface area contributed by atoms with E-state index in [2.05, 4.69) is 6.58 Å². The Morgan fingerprint density at radius 1 is 1.25 bits per heavy atom. The predicted octanol–water partition coefficient (Wildman–Crippen LogP) is -0.637. The second kappa shape index (κ2) is 6.84. The molecule has 1 aliphatic heterocycles. The van der Waals surface area contributed by atoms with E-state index in [9.17, 15) is 15.3 Å². The highest BCUT2D eigenvalue weighted by Crippen LogP contribution is 2.22. The number of ether oxygens (including phenoxy) is 2. The van der Waals surface area contributed by atoms with Crippen LogP contribution >= 0.6 is 23.0 Å². The zero-order chi connectivity index (χ0) is 12.1. The van der Waals surface area contributed by atoms with Crippen molar-refractivity contribution in [1.82, 2.24) is 0 Å². The third kappa shape index (κ3) is 3.36. The molecule has 1 unspecified atom stereocenters. The minimum absolute atomic E-state index is 0.0967. The fourth-order valence-corrected chi connectivity index (χ4v) is 1.77. The van der Waals surface area contributed by atoms with Crippen molar-refractivity contribution in [3.63, 3.8) is 0 Å². The van der Waals surface area contributed by atoms with Gasteiger partial charge in [0.15, 0.2) is 6.29 Å². The molecule has 0 aromatic rings. The van der Waals surface area contributed by atoms with E-state index < -0.39 is 30.7 Å². The average Bonchev–Trinajstić information content (AvgIpc) is 2.28. The highest BCUT2D eigenvalue weighted by atomic mass is 127. The molecule has 0 aliphatic carbocycles. The second-order valence-electron chi connectivity index (χ2n) is 3.41. The van der Waals surface area contributed by atoms with E-state index in [0.717, 1.165) is 0 Å². The van der Waals surface area contributed by atoms with E-state index >= 15 is 0 Å². The lowest BCUT2D eigenvalue weighted by Crippen LogP contribution is -2.59. The molecule has 0 spiro atoms. The molecular weight excluding hydrogens is 331 g/mol. The van der Waals surface area contributed by atoms with Crippen molar-refractivity contribution in [3.8, 4) is 0 Å². The molecule has 6 nitrogen and oxygen atoms in total.